The summed E-state index contributed by atoms with van der Waals surface area (Å²) in [6, 6.07) is 14.7. The van der Waals surface area contributed by atoms with Gasteiger partial charge < -0.3 is 20.6 Å². The van der Waals surface area contributed by atoms with Crippen molar-refractivity contribution < 1.29 is 14.3 Å². The molecule has 1 aliphatic heterocycles. The molecule has 3 N–H and O–H groups in total. The maximum atomic E-state index is 13.1. The van der Waals surface area contributed by atoms with Gasteiger partial charge in [-0.15, -0.1) is 0 Å². The molecule has 7 heteroatoms. The molecule has 2 unspecified atom stereocenters. The predicted octanol–water partition coefficient (Wildman–Crippen LogP) is 4.16. The molecular formula is C26H33FN4O2. The van der Waals surface area contributed by atoms with Crippen LogP contribution in [-0.4, -0.2) is 47.8 Å². The Labute approximate surface area is 195 Å². The van der Waals surface area contributed by atoms with Crippen molar-refractivity contribution in [1.29, 1.82) is 5.26 Å². The van der Waals surface area contributed by atoms with Crippen LogP contribution in [0, 0.1) is 29.0 Å². The van der Waals surface area contributed by atoms with E-state index in [2.05, 4.69) is 15.5 Å². The fourth-order valence-corrected chi connectivity index (χ4v) is 4.40. The SMILES string of the molecule is CC(C)C(NC(=O)Nc1cccc(C#N)c1)C(O)CN1CCC(Cc2ccc(F)cc2)CC1. The largest absolute Gasteiger partial charge is 0.390 e. The second-order valence-corrected chi connectivity index (χ2v) is 9.20. The summed E-state index contributed by atoms with van der Waals surface area (Å²) in [4.78, 5) is 14.8. The van der Waals surface area contributed by atoms with Crippen LogP contribution >= 0.6 is 0 Å². The first-order valence-corrected chi connectivity index (χ1v) is 11.6. The number of aliphatic hydroxyl groups is 1. The first-order chi connectivity index (χ1) is 15.8. The van der Waals surface area contributed by atoms with Gasteiger partial charge in [0.25, 0.3) is 0 Å². The van der Waals surface area contributed by atoms with Crippen molar-refractivity contribution in [3.63, 3.8) is 0 Å². The van der Waals surface area contributed by atoms with Gasteiger partial charge in [0.1, 0.15) is 5.82 Å². The second kappa shape index (κ2) is 11.8. The summed E-state index contributed by atoms with van der Waals surface area (Å²) in [6.07, 6.45) is 2.30. The summed E-state index contributed by atoms with van der Waals surface area (Å²) in [5, 5.41) is 25.5. The fourth-order valence-electron chi connectivity index (χ4n) is 4.40. The minimum absolute atomic E-state index is 0.0483. The van der Waals surface area contributed by atoms with Crippen LogP contribution in [0.25, 0.3) is 0 Å². The number of urea groups is 1. The molecule has 1 saturated heterocycles. The molecule has 6 nitrogen and oxygen atoms in total. The third-order valence-electron chi connectivity index (χ3n) is 6.27. The second-order valence-electron chi connectivity index (χ2n) is 9.20. The van der Waals surface area contributed by atoms with E-state index in [9.17, 15) is 14.3 Å². The number of nitriles is 1. The van der Waals surface area contributed by atoms with Crippen molar-refractivity contribution in [2.45, 2.75) is 45.3 Å². The first-order valence-electron chi connectivity index (χ1n) is 11.6. The monoisotopic (exact) mass is 452 g/mol. The summed E-state index contributed by atoms with van der Waals surface area (Å²) < 4.78 is 13.1. The van der Waals surface area contributed by atoms with Gasteiger partial charge in [0.05, 0.1) is 23.8 Å². The van der Waals surface area contributed by atoms with Gasteiger partial charge in [-0.25, -0.2) is 9.18 Å². The summed E-state index contributed by atoms with van der Waals surface area (Å²) in [7, 11) is 0. The number of hydrogen-bond acceptors (Lipinski definition) is 4. The average molecular weight is 453 g/mol. The van der Waals surface area contributed by atoms with Gasteiger partial charge in [-0.3, -0.25) is 0 Å². The Hall–Kier alpha value is -2.95. The van der Waals surface area contributed by atoms with Crippen molar-refractivity contribution in [2.75, 3.05) is 25.0 Å². The minimum Gasteiger partial charge on any atom is -0.390 e. The topological polar surface area (TPSA) is 88.4 Å². The molecule has 0 aromatic heterocycles. The van der Waals surface area contributed by atoms with Crippen molar-refractivity contribution in [1.82, 2.24) is 10.2 Å². The van der Waals surface area contributed by atoms with E-state index < -0.39 is 18.2 Å². The van der Waals surface area contributed by atoms with E-state index in [0.717, 1.165) is 37.9 Å². The number of rotatable bonds is 8. The van der Waals surface area contributed by atoms with E-state index in [1.807, 2.05) is 32.0 Å². The molecule has 1 fully saturated rings. The Morgan fingerprint density at radius 1 is 1.21 bits per heavy atom. The summed E-state index contributed by atoms with van der Waals surface area (Å²) in [6.45, 7) is 6.22. The number of hydrogen-bond donors (Lipinski definition) is 3. The number of piperidine rings is 1. The van der Waals surface area contributed by atoms with Gasteiger partial charge in [0, 0.05) is 12.2 Å². The molecule has 0 bridgehead atoms. The third kappa shape index (κ3) is 7.55. The lowest BCUT2D eigenvalue weighted by Crippen LogP contribution is -2.53. The Bertz CT molecular complexity index is 950. The Morgan fingerprint density at radius 2 is 1.91 bits per heavy atom. The Morgan fingerprint density at radius 3 is 2.55 bits per heavy atom. The van der Waals surface area contributed by atoms with Crippen LogP contribution in [-0.2, 0) is 6.42 Å². The zero-order valence-electron chi connectivity index (χ0n) is 19.3. The van der Waals surface area contributed by atoms with Crippen molar-refractivity contribution in [3.8, 4) is 6.07 Å². The summed E-state index contributed by atoms with van der Waals surface area (Å²) in [5.41, 5.74) is 2.16. The molecule has 0 spiro atoms. The molecular weight excluding hydrogens is 419 g/mol. The lowest BCUT2D eigenvalue weighted by molar-refractivity contribution is 0.0539. The van der Waals surface area contributed by atoms with Crippen molar-refractivity contribution in [2.24, 2.45) is 11.8 Å². The zero-order valence-corrected chi connectivity index (χ0v) is 19.3. The molecule has 0 saturated carbocycles. The number of carbonyl (C=O) groups is 1. The number of carbonyl (C=O) groups excluding carboxylic acids is 1. The lowest BCUT2D eigenvalue weighted by atomic mass is 9.89. The number of aliphatic hydroxyl groups excluding tert-OH is 1. The number of halogens is 1. The lowest BCUT2D eigenvalue weighted by Gasteiger charge is -2.36. The fraction of sp³-hybridized carbons (Fsp3) is 0.462. The number of likely N-dealkylation sites (tertiary alicyclic amines) is 1. The zero-order chi connectivity index (χ0) is 23.8. The van der Waals surface area contributed by atoms with E-state index in [0.29, 0.717) is 23.7 Å². The normalized spacial score (nSPS) is 16.7. The molecule has 0 aliphatic carbocycles. The average Bonchev–Trinajstić information content (AvgIpc) is 2.80. The van der Waals surface area contributed by atoms with Crippen LogP contribution in [0.3, 0.4) is 0 Å². The highest BCUT2D eigenvalue weighted by atomic mass is 19.1. The van der Waals surface area contributed by atoms with Crippen LogP contribution < -0.4 is 10.6 Å². The maximum Gasteiger partial charge on any atom is 0.319 e. The van der Waals surface area contributed by atoms with Crippen molar-refractivity contribution >= 4 is 11.7 Å². The van der Waals surface area contributed by atoms with Gasteiger partial charge in [0.15, 0.2) is 0 Å². The van der Waals surface area contributed by atoms with E-state index in [1.54, 1.807) is 24.3 Å². The molecule has 1 aliphatic rings. The number of nitrogens with one attached hydrogen (secondary N) is 2. The molecule has 33 heavy (non-hydrogen) atoms. The number of amides is 2. The summed E-state index contributed by atoms with van der Waals surface area (Å²) in [5.74, 6) is 0.394. The first kappa shape index (κ1) is 24.7. The van der Waals surface area contributed by atoms with Crippen LogP contribution in [0.2, 0.25) is 0 Å². The molecule has 3 rings (SSSR count). The van der Waals surface area contributed by atoms with E-state index in [-0.39, 0.29) is 11.7 Å². The molecule has 2 aromatic rings. The molecule has 2 atom stereocenters. The van der Waals surface area contributed by atoms with Gasteiger partial charge in [-0.1, -0.05) is 32.0 Å². The van der Waals surface area contributed by atoms with Gasteiger partial charge in [-0.2, -0.15) is 5.26 Å². The highest BCUT2D eigenvalue weighted by molar-refractivity contribution is 5.89. The number of benzene rings is 2. The Balaban J connectivity index is 1.47. The number of β-amino-alcohol motifs (C(OH)–C–C–N with tert-alkyl or cyclic N) is 1. The Kier molecular flexibility index (Phi) is 8.81. The quantitative estimate of drug-likeness (QED) is 0.561. The highest BCUT2D eigenvalue weighted by Gasteiger charge is 2.28. The number of anilines is 1. The highest BCUT2D eigenvalue weighted by Crippen LogP contribution is 2.23. The van der Waals surface area contributed by atoms with Gasteiger partial charge in [-0.05, 0) is 80.1 Å². The number of nitrogens with zero attached hydrogens (tertiary/aromatic N) is 2. The van der Waals surface area contributed by atoms with Gasteiger partial charge in [0.2, 0.25) is 0 Å². The van der Waals surface area contributed by atoms with Gasteiger partial charge >= 0.3 is 6.03 Å². The molecule has 176 valence electrons. The summed E-state index contributed by atoms with van der Waals surface area (Å²) >= 11 is 0. The molecule has 1 heterocycles. The maximum absolute atomic E-state index is 13.1. The minimum atomic E-state index is -0.699. The van der Waals surface area contributed by atoms with Crippen LogP contribution in [0.15, 0.2) is 48.5 Å². The van der Waals surface area contributed by atoms with Crippen molar-refractivity contribution in [3.05, 3.63) is 65.5 Å². The van der Waals surface area contributed by atoms with E-state index in [4.69, 9.17) is 5.26 Å². The standard InChI is InChI=1S/C26H33FN4O2/c1-18(2)25(30-26(33)29-23-5-3-4-21(15-23)16-28)24(32)17-31-12-10-20(11-13-31)14-19-6-8-22(27)9-7-19/h3-9,15,18,20,24-25,32H,10-14,17H2,1-2H3,(H2,29,30,33). The smallest absolute Gasteiger partial charge is 0.319 e. The molecule has 2 amide bonds. The van der Waals surface area contributed by atoms with Crippen LogP contribution in [0.1, 0.15) is 37.8 Å². The van der Waals surface area contributed by atoms with E-state index >= 15 is 0 Å². The van der Waals surface area contributed by atoms with Crippen LogP contribution in [0.4, 0.5) is 14.9 Å². The third-order valence-corrected chi connectivity index (χ3v) is 6.27. The predicted molar refractivity (Wildman–Crippen MR) is 127 cm³/mol. The molecule has 0 radical (unpaired) electrons. The van der Waals surface area contributed by atoms with E-state index in [1.165, 1.54) is 12.1 Å². The molecule has 2 aromatic carbocycles. The van der Waals surface area contributed by atoms with Crippen LogP contribution in [0.5, 0.6) is 0 Å².